The van der Waals surface area contributed by atoms with Gasteiger partial charge in [-0.3, -0.25) is 0 Å². The molecule has 1 aromatic rings. The number of hydrogen-bond acceptors (Lipinski definition) is 4. The van der Waals surface area contributed by atoms with Crippen LogP contribution in [0.15, 0.2) is 0 Å². The van der Waals surface area contributed by atoms with Gasteiger partial charge < -0.3 is 10.0 Å². The van der Waals surface area contributed by atoms with Crippen molar-refractivity contribution in [1.29, 1.82) is 0 Å². The van der Waals surface area contributed by atoms with Crippen LogP contribution in [0.4, 0.5) is 5.13 Å². The lowest BCUT2D eigenvalue weighted by Crippen LogP contribution is -2.39. The van der Waals surface area contributed by atoms with Crippen molar-refractivity contribution < 1.29 is 9.90 Å². The minimum atomic E-state index is -0.882. The van der Waals surface area contributed by atoms with Gasteiger partial charge in [0.05, 0.1) is 5.69 Å². The van der Waals surface area contributed by atoms with Gasteiger partial charge in [0.2, 0.25) is 0 Å². The molecule has 0 bridgehead atoms. The number of aromatic carboxylic acids is 1. The lowest BCUT2D eigenvalue weighted by atomic mass is 9.87. The summed E-state index contributed by atoms with van der Waals surface area (Å²) < 4.78 is 0. The van der Waals surface area contributed by atoms with Crippen LogP contribution in [0.2, 0.25) is 0 Å². The van der Waals surface area contributed by atoms with E-state index in [1.54, 1.807) is 0 Å². The normalized spacial score (nSPS) is 13.4. The molecule has 0 spiro atoms. The molecular formula is C13H22N2O2S. The summed E-state index contributed by atoms with van der Waals surface area (Å²) in [7, 11) is 1.97. The van der Waals surface area contributed by atoms with Gasteiger partial charge in [-0.2, -0.15) is 0 Å². The molecule has 0 aliphatic carbocycles. The van der Waals surface area contributed by atoms with Gasteiger partial charge in [0.1, 0.15) is 4.88 Å². The molecular weight excluding hydrogens is 248 g/mol. The van der Waals surface area contributed by atoms with E-state index in [4.69, 9.17) is 5.11 Å². The second kappa shape index (κ2) is 5.26. The topological polar surface area (TPSA) is 53.4 Å². The Hall–Kier alpha value is -1.10. The van der Waals surface area contributed by atoms with E-state index in [0.29, 0.717) is 17.0 Å². The van der Waals surface area contributed by atoms with Crippen molar-refractivity contribution in [3.8, 4) is 0 Å². The van der Waals surface area contributed by atoms with Crippen LogP contribution in [-0.4, -0.2) is 29.1 Å². The minimum Gasteiger partial charge on any atom is -0.477 e. The van der Waals surface area contributed by atoms with E-state index in [-0.39, 0.29) is 11.5 Å². The summed E-state index contributed by atoms with van der Waals surface area (Å²) >= 11 is 1.26. The molecule has 0 saturated carbocycles. The molecule has 0 fully saturated rings. The maximum atomic E-state index is 11.1. The van der Waals surface area contributed by atoms with E-state index in [0.717, 1.165) is 5.13 Å². The standard InChI is InChI=1S/C13H22N2O2S/c1-7-9-10(11(16)17)18-12(14-9)15(6)8(2)13(3,4)5/h8H,7H2,1-6H3,(H,16,17). The number of carboxylic acid groups (broad SMARTS) is 1. The summed E-state index contributed by atoms with van der Waals surface area (Å²) in [5, 5.41) is 9.93. The van der Waals surface area contributed by atoms with Crippen LogP contribution in [0.25, 0.3) is 0 Å². The molecule has 1 rings (SSSR count). The van der Waals surface area contributed by atoms with Crippen molar-refractivity contribution in [3.05, 3.63) is 10.6 Å². The Bertz CT molecular complexity index is 435. The van der Waals surface area contributed by atoms with Crippen LogP contribution in [0, 0.1) is 5.41 Å². The second-order valence-corrected chi connectivity index (χ2v) is 6.56. The Morgan fingerprint density at radius 1 is 1.50 bits per heavy atom. The molecule has 102 valence electrons. The van der Waals surface area contributed by atoms with Crippen molar-refractivity contribution >= 4 is 22.4 Å². The van der Waals surface area contributed by atoms with E-state index in [1.165, 1.54) is 11.3 Å². The summed E-state index contributed by atoms with van der Waals surface area (Å²) in [6, 6.07) is 0.287. The third-order valence-electron chi connectivity index (χ3n) is 3.35. The fraction of sp³-hybridized carbons (Fsp3) is 0.692. The Labute approximate surface area is 113 Å². The molecule has 1 heterocycles. The number of aryl methyl sites for hydroxylation is 1. The van der Waals surface area contributed by atoms with Crippen LogP contribution < -0.4 is 4.90 Å². The second-order valence-electron chi connectivity index (χ2n) is 5.58. The average molecular weight is 270 g/mol. The maximum Gasteiger partial charge on any atom is 0.347 e. The smallest absolute Gasteiger partial charge is 0.347 e. The van der Waals surface area contributed by atoms with Gasteiger partial charge in [0.15, 0.2) is 5.13 Å². The monoisotopic (exact) mass is 270 g/mol. The van der Waals surface area contributed by atoms with Crippen LogP contribution in [0.1, 0.15) is 50.0 Å². The molecule has 1 aromatic heterocycles. The van der Waals surface area contributed by atoms with E-state index in [9.17, 15) is 4.79 Å². The number of rotatable bonds is 4. The van der Waals surface area contributed by atoms with E-state index in [2.05, 4.69) is 37.6 Å². The van der Waals surface area contributed by atoms with Gasteiger partial charge in [-0.1, -0.05) is 39.0 Å². The molecule has 0 saturated heterocycles. The highest BCUT2D eigenvalue weighted by atomic mass is 32.1. The molecule has 0 aromatic carbocycles. The van der Waals surface area contributed by atoms with Crippen molar-refractivity contribution in [2.75, 3.05) is 11.9 Å². The number of carbonyl (C=O) groups is 1. The predicted octanol–water partition coefficient (Wildman–Crippen LogP) is 3.27. The van der Waals surface area contributed by atoms with Crippen LogP contribution in [-0.2, 0) is 6.42 Å². The molecule has 4 nitrogen and oxygen atoms in total. The van der Waals surface area contributed by atoms with Crippen molar-refractivity contribution in [1.82, 2.24) is 4.98 Å². The summed E-state index contributed by atoms with van der Waals surface area (Å²) in [6.07, 6.45) is 0.649. The fourth-order valence-electron chi connectivity index (χ4n) is 1.64. The lowest BCUT2D eigenvalue weighted by Gasteiger charge is -2.35. The SMILES string of the molecule is CCc1nc(N(C)C(C)C(C)(C)C)sc1C(=O)O. The molecule has 0 aliphatic rings. The summed E-state index contributed by atoms with van der Waals surface area (Å²) in [5.74, 6) is -0.882. The Morgan fingerprint density at radius 3 is 2.39 bits per heavy atom. The number of anilines is 1. The van der Waals surface area contributed by atoms with Gasteiger partial charge in [-0.15, -0.1) is 0 Å². The summed E-state index contributed by atoms with van der Waals surface area (Å²) in [5.41, 5.74) is 0.798. The molecule has 1 unspecified atom stereocenters. The Morgan fingerprint density at radius 2 is 2.06 bits per heavy atom. The number of hydrogen-bond donors (Lipinski definition) is 1. The van der Waals surface area contributed by atoms with Crippen molar-refractivity contribution in [3.63, 3.8) is 0 Å². The first-order valence-corrected chi connectivity index (χ1v) is 6.96. The molecule has 18 heavy (non-hydrogen) atoms. The first-order chi connectivity index (χ1) is 8.18. The minimum absolute atomic E-state index is 0.121. The summed E-state index contributed by atoms with van der Waals surface area (Å²) in [6.45, 7) is 10.6. The van der Waals surface area contributed by atoms with Crippen LogP contribution in [0.3, 0.4) is 0 Å². The zero-order valence-electron chi connectivity index (χ0n) is 11.9. The van der Waals surface area contributed by atoms with Crippen LogP contribution in [0.5, 0.6) is 0 Å². The van der Waals surface area contributed by atoms with Crippen LogP contribution >= 0.6 is 11.3 Å². The third-order valence-corrected chi connectivity index (χ3v) is 4.53. The molecule has 0 amide bonds. The van der Waals surface area contributed by atoms with Gasteiger partial charge >= 0.3 is 5.97 Å². The number of thiazole rings is 1. The van der Waals surface area contributed by atoms with E-state index in [1.807, 2.05) is 14.0 Å². The zero-order valence-corrected chi connectivity index (χ0v) is 12.8. The number of nitrogens with zero attached hydrogens (tertiary/aromatic N) is 2. The fourth-order valence-corrected chi connectivity index (χ4v) is 2.68. The molecule has 1 atom stereocenters. The zero-order chi connectivity index (χ0) is 14.1. The van der Waals surface area contributed by atoms with E-state index < -0.39 is 5.97 Å². The quantitative estimate of drug-likeness (QED) is 0.912. The maximum absolute atomic E-state index is 11.1. The summed E-state index contributed by atoms with van der Waals surface area (Å²) in [4.78, 5) is 18.0. The molecule has 0 aliphatic heterocycles. The predicted molar refractivity (Wildman–Crippen MR) is 75.8 cm³/mol. The molecule has 0 radical (unpaired) electrons. The van der Waals surface area contributed by atoms with Gasteiger partial charge in [-0.05, 0) is 18.8 Å². The highest BCUT2D eigenvalue weighted by molar-refractivity contribution is 7.17. The number of carboxylic acids is 1. The van der Waals surface area contributed by atoms with Gasteiger partial charge in [0.25, 0.3) is 0 Å². The van der Waals surface area contributed by atoms with E-state index >= 15 is 0 Å². The first kappa shape index (κ1) is 15.0. The molecule has 5 heteroatoms. The van der Waals surface area contributed by atoms with Gasteiger partial charge in [-0.25, -0.2) is 9.78 Å². The largest absolute Gasteiger partial charge is 0.477 e. The number of aromatic nitrogens is 1. The lowest BCUT2D eigenvalue weighted by molar-refractivity contribution is 0.0701. The first-order valence-electron chi connectivity index (χ1n) is 6.14. The average Bonchev–Trinajstić information content (AvgIpc) is 2.69. The highest BCUT2D eigenvalue weighted by Gasteiger charge is 2.27. The van der Waals surface area contributed by atoms with Crippen molar-refractivity contribution in [2.24, 2.45) is 5.41 Å². The van der Waals surface area contributed by atoms with Gasteiger partial charge in [0, 0.05) is 13.1 Å². The Balaban J connectivity index is 3.07. The van der Waals surface area contributed by atoms with Crippen molar-refractivity contribution in [2.45, 2.75) is 47.1 Å². The highest BCUT2D eigenvalue weighted by Crippen LogP contribution is 2.32. The Kier molecular flexibility index (Phi) is 4.37. The third kappa shape index (κ3) is 3.02. The molecule has 1 N–H and O–H groups in total.